The van der Waals surface area contributed by atoms with Gasteiger partial charge in [-0.25, -0.2) is 0 Å². The van der Waals surface area contributed by atoms with E-state index in [0.29, 0.717) is 12.0 Å². The van der Waals surface area contributed by atoms with Gasteiger partial charge in [0.1, 0.15) is 0 Å². The second kappa shape index (κ2) is 6.99. The van der Waals surface area contributed by atoms with Crippen LogP contribution in [0.25, 0.3) is 0 Å². The first kappa shape index (κ1) is 17.3. The fraction of sp³-hybridized carbons (Fsp3) is 0.588. The van der Waals surface area contributed by atoms with Crippen LogP contribution in [0.4, 0.5) is 0 Å². The molecule has 0 aromatic heterocycles. The van der Waals surface area contributed by atoms with Gasteiger partial charge in [0.15, 0.2) is 0 Å². The summed E-state index contributed by atoms with van der Waals surface area (Å²) in [5.74, 6) is 0.424. The second-order valence-corrected chi connectivity index (χ2v) is 6.50. The average molecular weight is 325 g/mol. The number of benzene rings is 1. The fourth-order valence-electron chi connectivity index (χ4n) is 3.42. The van der Waals surface area contributed by atoms with Crippen LogP contribution in [0.2, 0.25) is 0 Å². The molecule has 1 aliphatic heterocycles. The maximum atomic E-state index is 12.3. The van der Waals surface area contributed by atoms with E-state index < -0.39 is 6.10 Å². The minimum atomic E-state index is -0.445. The van der Waals surface area contributed by atoms with Crippen molar-refractivity contribution in [3.8, 4) is 0 Å². The number of aliphatic hydroxyl groups is 1. The molecule has 1 aromatic rings. The van der Waals surface area contributed by atoms with Gasteiger partial charge >= 0.3 is 0 Å². The number of halogens is 1. The van der Waals surface area contributed by atoms with E-state index in [1.807, 2.05) is 24.3 Å². The molecule has 22 heavy (non-hydrogen) atoms. The van der Waals surface area contributed by atoms with E-state index >= 15 is 0 Å². The topological polar surface area (TPSA) is 61.4 Å². The lowest BCUT2D eigenvalue weighted by Gasteiger charge is -2.23. The van der Waals surface area contributed by atoms with Crippen LogP contribution in [0.3, 0.4) is 0 Å². The van der Waals surface area contributed by atoms with Crippen molar-refractivity contribution in [1.82, 2.24) is 10.6 Å². The lowest BCUT2D eigenvalue weighted by atomic mass is 9.92. The molecule has 0 bridgehead atoms. The van der Waals surface area contributed by atoms with Crippen molar-refractivity contribution in [2.24, 2.45) is 11.3 Å². The third kappa shape index (κ3) is 3.62. The molecule has 0 radical (unpaired) electrons. The van der Waals surface area contributed by atoms with E-state index in [-0.39, 0.29) is 24.2 Å². The number of piperidine rings is 1. The Bertz CT molecular complexity index is 510. The van der Waals surface area contributed by atoms with Crippen molar-refractivity contribution in [3.05, 3.63) is 35.4 Å². The summed E-state index contributed by atoms with van der Waals surface area (Å²) in [4.78, 5) is 12.3. The van der Waals surface area contributed by atoms with E-state index in [9.17, 15) is 9.90 Å². The van der Waals surface area contributed by atoms with Crippen LogP contribution in [0.5, 0.6) is 0 Å². The molecule has 2 fully saturated rings. The number of nitrogens with one attached hydrogen (secondary N) is 2. The Balaban J connectivity index is 0.00000176. The highest BCUT2D eigenvalue weighted by Gasteiger charge is 2.57. The van der Waals surface area contributed by atoms with Crippen molar-refractivity contribution in [2.45, 2.75) is 38.8 Å². The Morgan fingerprint density at radius 2 is 2.00 bits per heavy atom. The van der Waals surface area contributed by atoms with E-state index in [2.05, 4.69) is 10.6 Å². The third-order valence-electron chi connectivity index (χ3n) is 5.03. The lowest BCUT2D eigenvalue weighted by Crippen LogP contribution is -2.33. The molecule has 1 aromatic carbocycles. The molecule has 1 spiro atoms. The largest absolute Gasteiger partial charge is 0.389 e. The van der Waals surface area contributed by atoms with Gasteiger partial charge in [-0.2, -0.15) is 0 Å². The van der Waals surface area contributed by atoms with Crippen LogP contribution in [-0.2, 0) is 11.3 Å². The standard InChI is InChI=1S/C17H24N2O2.ClH/c1-12(20)14-4-2-13(3-5-14)11-19-16(21)15-10-17(15)6-8-18-9-7-17;/h2-5,12,15,18,20H,6-11H2,1H3,(H,19,21);1H. The monoisotopic (exact) mass is 324 g/mol. The summed E-state index contributed by atoms with van der Waals surface area (Å²) in [6.07, 6.45) is 2.88. The number of hydrogen-bond donors (Lipinski definition) is 3. The van der Waals surface area contributed by atoms with Gasteiger partial charge in [-0.1, -0.05) is 24.3 Å². The Kier molecular flexibility index (Phi) is 5.48. The number of aliphatic hydroxyl groups excluding tert-OH is 1. The highest BCUT2D eigenvalue weighted by atomic mass is 35.5. The molecule has 1 heterocycles. The van der Waals surface area contributed by atoms with Crippen LogP contribution in [-0.4, -0.2) is 24.1 Å². The summed E-state index contributed by atoms with van der Waals surface area (Å²) in [5, 5.41) is 15.9. The zero-order valence-corrected chi connectivity index (χ0v) is 13.8. The summed E-state index contributed by atoms with van der Waals surface area (Å²) < 4.78 is 0. The molecule has 5 heteroatoms. The van der Waals surface area contributed by atoms with Gasteiger partial charge in [-0.3, -0.25) is 4.79 Å². The molecule has 2 unspecified atom stereocenters. The molecule has 4 nitrogen and oxygen atoms in total. The molecule has 3 N–H and O–H groups in total. The molecule has 122 valence electrons. The van der Waals surface area contributed by atoms with Gasteiger partial charge in [-0.15, -0.1) is 12.4 Å². The molecule has 1 amide bonds. The molecule has 1 saturated heterocycles. The first-order valence-corrected chi connectivity index (χ1v) is 7.86. The Hall–Kier alpha value is -1.10. The average Bonchev–Trinajstić information content (AvgIpc) is 3.19. The third-order valence-corrected chi connectivity index (χ3v) is 5.03. The number of amides is 1. The Morgan fingerprint density at radius 1 is 1.36 bits per heavy atom. The predicted octanol–water partition coefficient (Wildman–Crippen LogP) is 2.17. The van der Waals surface area contributed by atoms with E-state index in [4.69, 9.17) is 0 Å². The van der Waals surface area contributed by atoms with Crippen LogP contribution >= 0.6 is 12.4 Å². The quantitative estimate of drug-likeness (QED) is 0.795. The summed E-state index contributed by atoms with van der Waals surface area (Å²) in [6.45, 7) is 4.42. The van der Waals surface area contributed by atoms with Crippen molar-refractivity contribution < 1.29 is 9.90 Å². The number of rotatable bonds is 4. The van der Waals surface area contributed by atoms with Crippen LogP contribution in [0, 0.1) is 11.3 Å². The zero-order chi connectivity index (χ0) is 14.9. The SMILES string of the molecule is CC(O)c1ccc(CNC(=O)C2CC23CCNCC3)cc1.Cl. The van der Waals surface area contributed by atoms with E-state index in [1.54, 1.807) is 6.92 Å². The predicted molar refractivity (Wildman–Crippen MR) is 88.8 cm³/mol. The molecule has 1 aliphatic carbocycles. The molecular formula is C17H25ClN2O2. The first-order chi connectivity index (χ1) is 10.1. The first-order valence-electron chi connectivity index (χ1n) is 7.86. The molecule has 2 aliphatic rings. The summed E-state index contributed by atoms with van der Waals surface area (Å²) in [7, 11) is 0. The highest BCUT2D eigenvalue weighted by molar-refractivity contribution is 5.85. The number of carbonyl (C=O) groups excluding carboxylic acids is 1. The van der Waals surface area contributed by atoms with Crippen LogP contribution in [0.15, 0.2) is 24.3 Å². The highest BCUT2D eigenvalue weighted by Crippen LogP contribution is 2.58. The van der Waals surface area contributed by atoms with Crippen LogP contribution < -0.4 is 10.6 Å². The Morgan fingerprint density at radius 3 is 2.59 bits per heavy atom. The zero-order valence-electron chi connectivity index (χ0n) is 13.0. The molecular weight excluding hydrogens is 300 g/mol. The maximum absolute atomic E-state index is 12.3. The molecule has 2 atom stereocenters. The molecule has 1 saturated carbocycles. The van der Waals surface area contributed by atoms with Crippen molar-refractivity contribution in [3.63, 3.8) is 0 Å². The summed E-state index contributed by atoms with van der Waals surface area (Å²) in [6, 6.07) is 7.76. The van der Waals surface area contributed by atoms with Crippen molar-refractivity contribution >= 4 is 18.3 Å². The maximum Gasteiger partial charge on any atom is 0.223 e. The normalized spacial score (nSPS) is 23.5. The van der Waals surface area contributed by atoms with E-state index in [0.717, 1.165) is 43.5 Å². The lowest BCUT2D eigenvalue weighted by molar-refractivity contribution is -0.123. The van der Waals surface area contributed by atoms with Gasteiger partial charge in [-0.05, 0) is 55.8 Å². The number of hydrogen-bond acceptors (Lipinski definition) is 3. The fourth-order valence-corrected chi connectivity index (χ4v) is 3.42. The van der Waals surface area contributed by atoms with Gasteiger partial charge in [0.05, 0.1) is 6.10 Å². The Labute approximate surface area is 138 Å². The minimum absolute atomic E-state index is 0. The minimum Gasteiger partial charge on any atom is -0.389 e. The van der Waals surface area contributed by atoms with Gasteiger partial charge < -0.3 is 15.7 Å². The van der Waals surface area contributed by atoms with Crippen LogP contribution in [0.1, 0.15) is 43.4 Å². The van der Waals surface area contributed by atoms with Crippen molar-refractivity contribution in [2.75, 3.05) is 13.1 Å². The van der Waals surface area contributed by atoms with E-state index in [1.165, 1.54) is 0 Å². The summed E-state index contributed by atoms with van der Waals surface area (Å²) in [5.41, 5.74) is 2.28. The molecule has 3 rings (SSSR count). The van der Waals surface area contributed by atoms with Gasteiger partial charge in [0, 0.05) is 12.5 Å². The van der Waals surface area contributed by atoms with Gasteiger partial charge in [0.2, 0.25) is 5.91 Å². The smallest absolute Gasteiger partial charge is 0.223 e. The summed E-state index contributed by atoms with van der Waals surface area (Å²) >= 11 is 0. The van der Waals surface area contributed by atoms with Gasteiger partial charge in [0.25, 0.3) is 0 Å². The number of carbonyl (C=O) groups is 1. The second-order valence-electron chi connectivity index (χ2n) is 6.50. The van der Waals surface area contributed by atoms with Crippen molar-refractivity contribution in [1.29, 1.82) is 0 Å².